The molecule has 1 fully saturated rings. The third-order valence-electron chi connectivity index (χ3n) is 4.26. The molecule has 2 nitrogen and oxygen atoms in total. The third-order valence-corrected chi connectivity index (χ3v) is 4.26. The van der Waals surface area contributed by atoms with Crippen LogP contribution in [0.15, 0.2) is 18.2 Å². The van der Waals surface area contributed by atoms with Gasteiger partial charge in [-0.2, -0.15) is 0 Å². The van der Waals surface area contributed by atoms with Crippen LogP contribution in [0, 0.1) is 16.6 Å². The van der Waals surface area contributed by atoms with Crippen molar-refractivity contribution in [2.75, 3.05) is 7.11 Å². The fraction of sp³-hybridized carbons (Fsp3) is 0.647. The summed E-state index contributed by atoms with van der Waals surface area (Å²) in [7, 11) is 1.54. The van der Waals surface area contributed by atoms with Gasteiger partial charge in [-0.15, -0.1) is 0 Å². The second-order valence-corrected chi connectivity index (χ2v) is 7.86. The summed E-state index contributed by atoms with van der Waals surface area (Å²) in [5.74, 6) is 0.268. The Labute approximate surface area is 121 Å². The lowest BCUT2D eigenvalue weighted by Crippen LogP contribution is -2.50. The number of hydrogen-bond donors (Lipinski definition) is 1. The first-order chi connectivity index (χ1) is 9.07. The van der Waals surface area contributed by atoms with Gasteiger partial charge in [-0.3, -0.25) is 0 Å². The van der Waals surface area contributed by atoms with Crippen LogP contribution in [0.4, 0.5) is 4.39 Å². The second-order valence-electron chi connectivity index (χ2n) is 7.86. The molecule has 3 heteroatoms. The maximum absolute atomic E-state index is 14.4. The lowest BCUT2D eigenvalue weighted by molar-refractivity contribution is 0.0454. The molecular formula is C17H26FNO. The lowest BCUT2D eigenvalue weighted by atomic mass is 9.57. The molecule has 2 N–H and O–H groups in total. The van der Waals surface area contributed by atoms with E-state index in [0.29, 0.717) is 11.3 Å². The molecule has 0 saturated heterocycles. The zero-order chi connectivity index (χ0) is 15.2. The van der Waals surface area contributed by atoms with Crippen molar-refractivity contribution >= 4 is 0 Å². The smallest absolute Gasteiger partial charge is 0.131 e. The predicted molar refractivity (Wildman–Crippen MR) is 80.2 cm³/mol. The summed E-state index contributed by atoms with van der Waals surface area (Å²) in [4.78, 5) is 0. The molecule has 0 amide bonds. The Kier molecular flexibility index (Phi) is 3.62. The fourth-order valence-electron chi connectivity index (χ4n) is 4.41. The molecule has 1 aliphatic carbocycles. The van der Waals surface area contributed by atoms with Crippen LogP contribution >= 0.6 is 0 Å². The Morgan fingerprint density at radius 3 is 2.05 bits per heavy atom. The van der Waals surface area contributed by atoms with Gasteiger partial charge >= 0.3 is 0 Å². The van der Waals surface area contributed by atoms with E-state index >= 15 is 0 Å². The number of benzene rings is 1. The van der Waals surface area contributed by atoms with Crippen LogP contribution in [0.25, 0.3) is 0 Å². The minimum absolute atomic E-state index is 0.114. The maximum atomic E-state index is 14.4. The topological polar surface area (TPSA) is 35.2 Å². The zero-order valence-corrected chi connectivity index (χ0v) is 13.2. The van der Waals surface area contributed by atoms with Crippen molar-refractivity contribution in [2.24, 2.45) is 16.6 Å². The first-order valence-electron chi connectivity index (χ1n) is 7.20. The van der Waals surface area contributed by atoms with E-state index < -0.39 is 5.54 Å². The van der Waals surface area contributed by atoms with Gasteiger partial charge in [-0.25, -0.2) is 4.39 Å². The standard InChI is InChI=1S/C17H26FNO/c1-15(2)9-16(3,4)11-17(19,10-15)13-7-6-12(20-5)8-14(13)18/h6-8H,9-11,19H2,1-5H3. The molecule has 0 spiro atoms. The summed E-state index contributed by atoms with van der Waals surface area (Å²) in [6.07, 6.45) is 2.70. The minimum Gasteiger partial charge on any atom is -0.497 e. The van der Waals surface area contributed by atoms with Crippen molar-refractivity contribution in [3.63, 3.8) is 0 Å². The summed E-state index contributed by atoms with van der Waals surface area (Å²) in [6, 6.07) is 5.01. The molecular weight excluding hydrogens is 253 g/mol. The van der Waals surface area contributed by atoms with Gasteiger partial charge < -0.3 is 10.5 Å². The van der Waals surface area contributed by atoms with Crippen LogP contribution in [-0.2, 0) is 5.54 Å². The van der Waals surface area contributed by atoms with Crippen molar-refractivity contribution in [3.05, 3.63) is 29.6 Å². The summed E-state index contributed by atoms with van der Waals surface area (Å²) < 4.78 is 19.5. The highest BCUT2D eigenvalue weighted by molar-refractivity contribution is 5.34. The predicted octanol–water partition coefficient (Wildman–Crippen LogP) is 4.22. The maximum Gasteiger partial charge on any atom is 0.131 e. The highest BCUT2D eigenvalue weighted by atomic mass is 19.1. The van der Waals surface area contributed by atoms with Crippen LogP contribution < -0.4 is 10.5 Å². The number of methoxy groups -OCH3 is 1. The molecule has 1 aromatic rings. The normalized spacial score (nSPS) is 23.4. The first-order valence-corrected chi connectivity index (χ1v) is 7.20. The van der Waals surface area contributed by atoms with E-state index in [9.17, 15) is 4.39 Å². The van der Waals surface area contributed by atoms with Crippen LogP contribution in [-0.4, -0.2) is 7.11 Å². The molecule has 1 aliphatic rings. The van der Waals surface area contributed by atoms with Crippen molar-refractivity contribution in [3.8, 4) is 5.75 Å². The van der Waals surface area contributed by atoms with Crippen LogP contribution in [0.1, 0.15) is 52.5 Å². The van der Waals surface area contributed by atoms with E-state index in [1.165, 1.54) is 6.07 Å². The molecule has 20 heavy (non-hydrogen) atoms. The first kappa shape index (κ1) is 15.3. The molecule has 1 aromatic carbocycles. The van der Waals surface area contributed by atoms with Gasteiger partial charge in [0.15, 0.2) is 0 Å². The molecule has 0 atom stereocenters. The van der Waals surface area contributed by atoms with Crippen LogP contribution in [0.5, 0.6) is 5.75 Å². The highest BCUT2D eigenvalue weighted by Gasteiger charge is 2.47. The monoisotopic (exact) mass is 279 g/mol. The SMILES string of the molecule is COc1ccc(C2(N)CC(C)(C)CC(C)(C)C2)c(F)c1. The van der Waals surface area contributed by atoms with E-state index in [2.05, 4.69) is 27.7 Å². The zero-order valence-electron chi connectivity index (χ0n) is 13.2. The van der Waals surface area contributed by atoms with Crippen molar-refractivity contribution in [1.29, 1.82) is 0 Å². The summed E-state index contributed by atoms with van der Waals surface area (Å²) >= 11 is 0. The van der Waals surface area contributed by atoms with Crippen molar-refractivity contribution in [2.45, 2.75) is 52.5 Å². The van der Waals surface area contributed by atoms with Gasteiger partial charge in [0.2, 0.25) is 0 Å². The largest absolute Gasteiger partial charge is 0.497 e. The number of ether oxygens (including phenoxy) is 1. The van der Waals surface area contributed by atoms with Crippen molar-refractivity contribution in [1.82, 2.24) is 0 Å². The van der Waals surface area contributed by atoms with E-state index in [1.807, 2.05) is 0 Å². The Morgan fingerprint density at radius 1 is 1.05 bits per heavy atom. The molecule has 0 heterocycles. The fourth-order valence-corrected chi connectivity index (χ4v) is 4.41. The van der Waals surface area contributed by atoms with E-state index in [-0.39, 0.29) is 16.6 Å². The van der Waals surface area contributed by atoms with Crippen molar-refractivity contribution < 1.29 is 9.13 Å². The number of nitrogens with two attached hydrogens (primary N) is 1. The van der Waals surface area contributed by atoms with Gasteiger partial charge in [-0.1, -0.05) is 33.8 Å². The number of halogens is 1. The molecule has 0 unspecified atom stereocenters. The third kappa shape index (κ3) is 2.98. The highest BCUT2D eigenvalue weighted by Crippen LogP contribution is 2.53. The Hall–Kier alpha value is -1.09. The molecule has 0 aliphatic heterocycles. The lowest BCUT2D eigenvalue weighted by Gasteiger charge is -2.50. The van der Waals surface area contributed by atoms with Gasteiger partial charge in [0.25, 0.3) is 0 Å². The number of rotatable bonds is 2. The van der Waals surface area contributed by atoms with Gasteiger partial charge in [-0.05, 0) is 36.2 Å². The molecule has 0 aromatic heterocycles. The number of hydrogen-bond acceptors (Lipinski definition) is 2. The summed E-state index contributed by atoms with van der Waals surface area (Å²) in [5, 5.41) is 0. The van der Waals surface area contributed by atoms with E-state index in [0.717, 1.165) is 19.3 Å². The van der Waals surface area contributed by atoms with Crippen LogP contribution in [0.2, 0.25) is 0 Å². The average Bonchev–Trinajstić information content (AvgIpc) is 2.23. The van der Waals surface area contributed by atoms with Gasteiger partial charge in [0, 0.05) is 17.2 Å². The average molecular weight is 279 g/mol. The quantitative estimate of drug-likeness (QED) is 0.879. The van der Waals surface area contributed by atoms with Gasteiger partial charge in [0.1, 0.15) is 11.6 Å². The molecule has 0 bridgehead atoms. The minimum atomic E-state index is -0.610. The van der Waals surface area contributed by atoms with E-state index in [1.54, 1.807) is 19.2 Å². The second kappa shape index (κ2) is 4.73. The molecule has 0 radical (unpaired) electrons. The molecule has 1 saturated carbocycles. The van der Waals surface area contributed by atoms with E-state index in [4.69, 9.17) is 10.5 Å². The summed E-state index contributed by atoms with van der Waals surface area (Å²) in [6.45, 7) is 8.88. The molecule has 2 rings (SSSR count). The van der Waals surface area contributed by atoms with Gasteiger partial charge in [0.05, 0.1) is 7.11 Å². The Bertz CT molecular complexity index is 492. The van der Waals surface area contributed by atoms with Crippen LogP contribution in [0.3, 0.4) is 0 Å². The summed E-state index contributed by atoms with van der Waals surface area (Å²) in [5.41, 5.74) is 6.87. The Balaban J connectivity index is 2.44. The Morgan fingerprint density at radius 2 is 1.60 bits per heavy atom. The molecule has 112 valence electrons.